The van der Waals surface area contributed by atoms with E-state index >= 15 is 0 Å². The number of hydrogen-bond donors (Lipinski definition) is 2. The van der Waals surface area contributed by atoms with Crippen LogP contribution < -0.4 is 5.32 Å². The van der Waals surface area contributed by atoms with E-state index in [0.717, 1.165) is 30.1 Å². The zero-order chi connectivity index (χ0) is 11.6. The van der Waals surface area contributed by atoms with Gasteiger partial charge in [0, 0.05) is 18.0 Å². The molecule has 1 aromatic carbocycles. The van der Waals surface area contributed by atoms with Crippen LogP contribution in [0.2, 0.25) is 5.02 Å². The van der Waals surface area contributed by atoms with Gasteiger partial charge in [-0.3, -0.25) is 0 Å². The molecule has 16 heavy (non-hydrogen) atoms. The molecule has 2 nitrogen and oxygen atoms in total. The first kappa shape index (κ1) is 11.9. The highest BCUT2D eigenvalue weighted by Gasteiger charge is 2.35. The predicted octanol–water partition coefficient (Wildman–Crippen LogP) is 2.24. The number of rotatable bonds is 2. The van der Waals surface area contributed by atoms with Gasteiger partial charge < -0.3 is 10.4 Å². The molecule has 0 aliphatic carbocycles. The molecule has 88 valence electrons. The largest absolute Gasteiger partial charge is 0.389 e. The highest BCUT2D eigenvalue weighted by molar-refractivity contribution is 6.30. The van der Waals surface area contributed by atoms with Gasteiger partial charge in [-0.2, -0.15) is 0 Å². The average Bonchev–Trinajstić information content (AvgIpc) is 2.26. The van der Waals surface area contributed by atoms with Gasteiger partial charge >= 0.3 is 0 Å². The summed E-state index contributed by atoms with van der Waals surface area (Å²) in [6.45, 7) is 3.89. The lowest BCUT2D eigenvalue weighted by Gasteiger charge is -2.38. The van der Waals surface area contributed by atoms with Crippen molar-refractivity contribution in [2.24, 2.45) is 5.92 Å². The van der Waals surface area contributed by atoms with Gasteiger partial charge in [0.15, 0.2) is 0 Å². The number of benzene rings is 1. The van der Waals surface area contributed by atoms with Gasteiger partial charge in [0.05, 0.1) is 5.60 Å². The minimum Gasteiger partial charge on any atom is -0.389 e. The van der Waals surface area contributed by atoms with E-state index in [1.54, 1.807) is 0 Å². The first-order valence-electron chi connectivity index (χ1n) is 5.78. The van der Waals surface area contributed by atoms with E-state index in [9.17, 15) is 5.11 Å². The summed E-state index contributed by atoms with van der Waals surface area (Å²) in [7, 11) is 0. The Morgan fingerprint density at radius 3 is 2.75 bits per heavy atom. The van der Waals surface area contributed by atoms with Crippen LogP contribution in [0.15, 0.2) is 24.3 Å². The Morgan fingerprint density at radius 2 is 2.12 bits per heavy atom. The zero-order valence-electron chi connectivity index (χ0n) is 9.54. The Morgan fingerprint density at radius 1 is 1.44 bits per heavy atom. The number of aliphatic hydroxyl groups is 1. The van der Waals surface area contributed by atoms with Crippen molar-refractivity contribution in [3.05, 3.63) is 34.9 Å². The van der Waals surface area contributed by atoms with E-state index in [-0.39, 0.29) is 5.92 Å². The van der Waals surface area contributed by atoms with Crippen LogP contribution in [0.1, 0.15) is 18.9 Å². The second-order valence-corrected chi connectivity index (χ2v) is 5.20. The zero-order valence-corrected chi connectivity index (χ0v) is 10.3. The van der Waals surface area contributed by atoms with Gasteiger partial charge in [-0.05, 0) is 36.6 Å². The van der Waals surface area contributed by atoms with Crippen LogP contribution in [0.5, 0.6) is 0 Å². The molecule has 1 heterocycles. The first-order valence-corrected chi connectivity index (χ1v) is 6.15. The molecule has 0 amide bonds. The molecular weight excluding hydrogens is 222 g/mol. The van der Waals surface area contributed by atoms with Crippen molar-refractivity contribution < 1.29 is 5.11 Å². The molecule has 1 aliphatic heterocycles. The molecule has 0 bridgehead atoms. The topological polar surface area (TPSA) is 32.3 Å². The maximum absolute atomic E-state index is 10.6. The summed E-state index contributed by atoms with van der Waals surface area (Å²) in [6, 6.07) is 7.75. The SMILES string of the molecule is CC1CNCCC1(O)Cc1ccc(Cl)cc1. The molecule has 0 spiro atoms. The smallest absolute Gasteiger partial charge is 0.0737 e. The highest BCUT2D eigenvalue weighted by atomic mass is 35.5. The molecule has 1 fully saturated rings. The van der Waals surface area contributed by atoms with Crippen LogP contribution in [0.4, 0.5) is 0 Å². The van der Waals surface area contributed by atoms with Gasteiger partial charge in [-0.25, -0.2) is 0 Å². The van der Waals surface area contributed by atoms with Crippen molar-refractivity contribution in [2.75, 3.05) is 13.1 Å². The average molecular weight is 240 g/mol. The molecule has 0 aromatic heterocycles. The molecule has 0 radical (unpaired) electrons. The summed E-state index contributed by atoms with van der Waals surface area (Å²) in [5.41, 5.74) is 0.583. The van der Waals surface area contributed by atoms with Gasteiger partial charge in [0.25, 0.3) is 0 Å². The summed E-state index contributed by atoms with van der Waals surface area (Å²) in [5, 5.41) is 14.6. The van der Waals surface area contributed by atoms with E-state index < -0.39 is 5.60 Å². The van der Waals surface area contributed by atoms with Crippen molar-refractivity contribution in [1.82, 2.24) is 5.32 Å². The van der Waals surface area contributed by atoms with E-state index in [1.165, 1.54) is 0 Å². The number of hydrogen-bond acceptors (Lipinski definition) is 2. The third-order valence-electron chi connectivity index (χ3n) is 3.53. The van der Waals surface area contributed by atoms with Crippen molar-refractivity contribution in [3.63, 3.8) is 0 Å². The Hall–Kier alpha value is -0.570. The van der Waals surface area contributed by atoms with Crippen LogP contribution in [0.3, 0.4) is 0 Å². The molecule has 1 saturated heterocycles. The van der Waals surface area contributed by atoms with E-state index in [1.807, 2.05) is 24.3 Å². The lowest BCUT2D eigenvalue weighted by molar-refractivity contribution is -0.0329. The maximum atomic E-state index is 10.6. The molecule has 2 unspecified atom stereocenters. The fourth-order valence-electron chi connectivity index (χ4n) is 2.28. The molecule has 1 aromatic rings. The van der Waals surface area contributed by atoms with Crippen LogP contribution in [0.25, 0.3) is 0 Å². The highest BCUT2D eigenvalue weighted by Crippen LogP contribution is 2.28. The summed E-state index contributed by atoms with van der Waals surface area (Å²) >= 11 is 5.85. The summed E-state index contributed by atoms with van der Waals surface area (Å²) in [6.07, 6.45) is 1.53. The molecule has 3 heteroatoms. The van der Waals surface area contributed by atoms with Crippen LogP contribution in [-0.2, 0) is 6.42 Å². The van der Waals surface area contributed by atoms with E-state index in [4.69, 9.17) is 11.6 Å². The standard InChI is InChI=1S/C13H18ClNO/c1-10-9-15-7-6-13(10,16)8-11-2-4-12(14)5-3-11/h2-5,10,15-16H,6-9H2,1H3. The summed E-state index contributed by atoms with van der Waals surface area (Å²) in [5.74, 6) is 0.289. The third-order valence-corrected chi connectivity index (χ3v) is 3.78. The molecule has 2 N–H and O–H groups in total. The number of halogens is 1. The minimum atomic E-state index is -0.570. The molecule has 2 atom stereocenters. The molecule has 1 aliphatic rings. The Balaban J connectivity index is 2.10. The molecular formula is C13H18ClNO. The Bertz CT molecular complexity index is 351. The van der Waals surface area contributed by atoms with E-state index in [2.05, 4.69) is 12.2 Å². The second-order valence-electron chi connectivity index (χ2n) is 4.76. The van der Waals surface area contributed by atoms with Crippen LogP contribution in [-0.4, -0.2) is 23.8 Å². The van der Waals surface area contributed by atoms with Gasteiger partial charge in [-0.1, -0.05) is 30.7 Å². The van der Waals surface area contributed by atoms with Crippen molar-refractivity contribution >= 4 is 11.6 Å². The van der Waals surface area contributed by atoms with Crippen molar-refractivity contribution in [3.8, 4) is 0 Å². The number of piperidine rings is 1. The predicted molar refractivity (Wildman–Crippen MR) is 66.8 cm³/mol. The number of nitrogens with one attached hydrogen (secondary N) is 1. The van der Waals surface area contributed by atoms with Gasteiger partial charge in [0.1, 0.15) is 0 Å². The lowest BCUT2D eigenvalue weighted by Crippen LogP contribution is -2.50. The minimum absolute atomic E-state index is 0.289. The molecule has 0 saturated carbocycles. The monoisotopic (exact) mass is 239 g/mol. The quantitative estimate of drug-likeness (QED) is 0.830. The molecule has 2 rings (SSSR count). The Labute approximate surface area is 102 Å². The Kier molecular flexibility index (Phi) is 3.53. The van der Waals surface area contributed by atoms with Crippen molar-refractivity contribution in [1.29, 1.82) is 0 Å². The van der Waals surface area contributed by atoms with Gasteiger partial charge in [-0.15, -0.1) is 0 Å². The summed E-state index contributed by atoms with van der Waals surface area (Å²) < 4.78 is 0. The second kappa shape index (κ2) is 4.74. The lowest BCUT2D eigenvalue weighted by atomic mass is 9.78. The fraction of sp³-hybridized carbons (Fsp3) is 0.538. The normalized spacial score (nSPS) is 30.3. The summed E-state index contributed by atoms with van der Waals surface area (Å²) in [4.78, 5) is 0. The fourth-order valence-corrected chi connectivity index (χ4v) is 2.40. The first-order chi connectivity index (χ1) is 7.60. The van der Waals surface area contributed by atoms with E-state index in [0.29, 0.717) is 6.42 Å². The maximum Gasteiger partial charge on any atom is 0.0737 e. The van der Waals surface area contributed by atoms with Crippen LogP contribution in [0, 0.1) is 5.92 Å². The third kappa shape index (κ3) is 2.57. The van der Waals surface area contributed by atoms with Gasteiger partial charge in [0.2, 0.25) is 0 Å². The van der Waals surface area contributed by atoms with Crippen LogP contribution >= 0.6 is 11.6 Å². The van der Waals surface area contributed by atoms with Crippen molar-refractivity contribution in [2.45, 2.75) is 25.4 Å².